The third-order valence-corrected chi connectivity index (χ3v) is 5.01. The number of carbonyl (C=O) groups is 1. The van der Waals surface area contributed by atoms with Gasteiger partial charge in [0.15, 0.2) is 0 Å². The van der Waals surface area contributed by atoms with Gasteiger partial charge in [0.25, 0.3) is 0 Å². The van der Waals surface area contributed by atoms with E-state index in [1.807, 2.05) is 11.0 Å². The molecule has 0 bridgehead atoms. The number of hydrogen-bond donors (Lipinski definition) is 1. The van der Waals surface area contributed by atoms with Gasteiger partial charge < -0.3 is 19.9 Å². The molecule has 2 aliphatic heterocycles. The standard InChI is InChI=1S/C18H27N3O2/c1-23-17-8-11-20(12-9-17)18(22)19-13-15-7-10-21(14-15)16-5-3-2-4-6-16/h2-6,15,17H,7-14H2,1H3,(H,19,22). The molecule has 0 aliphatic carbocycles. The molecule has 2 aliphatic rings. The summed E-state index contributed by atoms with van der Waals surface area (Å²) in [6.07, 6.45) is 3.33. The summed E-state index contributed by atoms with van der Waals surface area (Å²) in [4.78, 5) is 16.6. The fraction of sp³-hybridized carbons (Fsp3) is 0.611. The number of urea groups is 1. The minimum atomic E-state index is 0.0812. The molecule has 5 nitrogen and oxygen atoms in total. The number of methoxy groups -OCH3 is 1. The molecule has 1 N–H and O–H groups in total. The number of likely N-dealkylation sites (tertiary alicyclic amines) is 1. The molecule has 2 amide bonds. The Bertz CT molecular complexity index is 500. The Labute approximate surface area is 138 Å². The van der Waals surface area contributed by atoms with Gasteiger partial charge in [-0.2, -0.15) is 0 Å². The maximum atomic E-state index is 12.3. The molecule has 2 fully saturated rings. The number of hydrogen-bond acceptors (Lipinski definition) is 3. The van der Waals surface area contributed by atoms with Crippen LogP contribution >= 0.6 is 0 Å². The lowest BCUT2D eigenvalue weighted by Gasteiger charge is -2.31. The van der Waals surface area contributed by atoms with Crippen LogP contribution in [0.2, 0.25) is 0 Å². The summed E-state index contributed by atoms with van der Waals surface area (Å²) in [5.74, 6) is 0.538. The zero-order valence-corrected chi connectivity index (χ0v) is 13.9. The van der Waals surface area contributed by atoms with Crippen LogP contribution < -0.4 is 10.2 Å². The maximum absolute atomic E-state index is 12.3. The van der Waals surface area contributed by atoms with Crippen molar-refractivity contribution < 1.29 is 9.53 Å². The van der Waals surface area contributed by atoms with Gasteiger partial charge in [0.05, 0.1) is 6.10 Å². The van der Waals surface area contributed by atoms with Crippen molar-refractivity contribution in [1.29, 1.82) is 0 Å². The first-order valence-corrected chi connectivity index (χ1v) is 8.62. The van der Waals surface area contributed by atoms with Crippen molar-refractivity contribution in [2.45, 2.75) is 25.4 Å². The van der Waals surface area contributed by atoms with E-state index in [2.05, 4.69) is 34.5 Å². The van der Waals surface area contributed by atoms with Gasteiger partial charge in [-0.1, -0.05) is 18.2 Å². The van der Waals surface area contributed by atoms with Crippen LogP contribution in [0.1, 0.15) is 19.3 Å². The van der Waals surface area contributed by atoms with Crippen LogP contribution in [0.25, 0.3) is 0 Å². The molecule has 3 rings (SSSR count). The number of amides is 2. The first-order valence-electron chi connectivity index (χ1n) is 8.62. The monoisotopic (exact) mass is 317 g/mol. The molecule has 2 heterocycles. The van der Waals surface area contributed by atoms with Crippen LogP contribution in [0.4, 0.5) is 10.5 Å². The van der Waals surface area contributed by atoms with Crippen molar-refractivity contribution in [2.24, 2.45) is 5.92 Å². The first-order chi connectivity index (χ1) is 11.3. The fourth-order valence-electron chi connectivity index (χ4n) is 3.51. The second-order valence-corrected chi connectivity index (χ2v) is 6.54. The fourth-order valence-corrected chi connectivity index (χ4v) is 3.51. The van der Waals surface area contributed by atoms with Crippen LogP contribution in [-0.4, -0.2) is 56.9 Å². The third kappa shape index (κ3) is 4.16. The minimum Gasteiger partial charge on any atom is -0.381 e. The van der Waals surface area contributed by atoms with Crippen LogP contribution in [-0.2, 0) is 4.74 Å². The van der Waals surface area contributed by atoms with E-state index in [0.717, 1.165) is 52.0 Å². The Morgan fingerprint density at radius 1 is 1.17 bits per heavy atom. The van der Waals surface area contributed by atoms with Gasteiger partial charge in [0.2, 0.25) is 0 Å². The first kappa shape index (κ1) is 16.1. The molecule has 0 aromatic heterocycles. The van der Waals surface area contributed by atoms with Gasteiger partial charge in [0.1, 0.15) is 0 Å². The molecule has 0 spiro atoms. The Balaban J connectivity index is 1.40. The van der Waals surface area contributed by atoms with Crippen molar-refractivity contribution in [3.05, 3.63) is 30.3 Å². The average molecular weight is 317 g/mol. The van der Waals surface area contributed by atoms with E-state index in [1.54, 1.807) is 7.11 Å². The topological polar surface area (TPSA) is 44.8 Å². The summed E-state index contributed by atoms with van der Waals surface area (Å²) in [7, 11) is 1.75. The molecule has 5 heteroatoms. The van der Waals surface area contributed by atoms with Crippen LogP contribution in [0.3, 0.4) is 0 Å². The molecule has 1 unspecified atom stereocenters. The quantitative estimate of drug-likeness (QED) is 0.927. The number of ether oxygens (including phenoxy) is 1. The Kier molecular flexibility index (Phi) is 5.39. The van der Waals surface area contributed by atoms with Gasteiger partial charge in [-0.3, -0.25) is 0 Å². The Morgan fingerprint density at radius 3 is 2.61 bits per heavy atom. The number of carbonyl (C=O) groups excluding carboxylic acids is 1. The zero-order chi connectivity index (χ0) is 16.1. The van der Waals surface area contributed by atoms with Crippen molar-refractivity contribution in [1.82, 2.24) is 10.2 Å². The SMILES string of the molecule is COC1CCN(C(=O)NCC2CCN(c3ccccc3)C2)CC1. The lowest BCUT2D eigenvalue weighted by molar-refractivity contribution is 0.0502. The van der Waals surface area contributed by atoms with E-state index in [4.69, 9.17) is 4.74 Å². The average Bonchev–Trinajstić information content (AvgIpc) is 3.09. The molecular weight excluding hydrogens is 290 g/mol. The molecule has 1 aromatic carbocycles. The van der Waals surface area contributed by atoms with Gasteiger partial charge in [-0.25, -0.2) is 4.79 Å². The summed E-state index contributed by atoms with van der Waals surface area (Å²) >= 11 is 0. The second kappa shape index (κ2) is 7.68. The molecular formula is C18H27N3O2. The summed E-state index contributed by atoms with van der Waals surface area (Å²) in [5.41, 5.74) is 1.28. The van der Waals surface area contributed by atoms with E-state index in [0.29, 0.717) is 12.0 Å². The highest BCUT2D eigenvalue weighted by molar-refractivity contribution is 5.74. The molecule has 0 saturated carbocycles. The predicted octanol–water partition coefficient (Wildman–Crippen LogP) is 2.33. The summed E-state index contributed by atoms with van der Waals surface area (Å²) in [6, 6.07) is 10.6. The van der Waals surface area contributed by atoms with Crippen molar-refractivity contribution >= 4 is 11.7 Å². The van der Waals surface area contributed by atoms with Gasteiger partial charge >= 0.3 is 6.03 Å². The molecule has 1 aromatic rings. The van der Waals surface area contributed by atoms with E-state index in [9.17, 15) is 4.79 Å². The highest BCUT2D eigenvalue weighted by Crippen LogP contribution is 2.23. The highest BCUT2D eigenvalue weighted by atomic mass is 16.5. The van der Waals surface area contributed by atoms with Gasteiger partial charge in [-0.15, -0.1) is 0 Å². The van der Waals surface area contributed by atoms with E-state index in [1.165, 1.54) is 5.69 Å². The van der Waals surface area contributed by atoms with E-state index >= 15 is 0 Å². The molecule has 126 valence electrons. The van der Waals surface area contributed by atoms with Gasteiger partial charge in [-0.05, 0) is 37.3 Å². The summed E-state index contributed by atoms with van der Waals surface area (Å²) in [6.45, 7) is 4.46. The largest absolute Gasteiger partial charge is 0.381 e. The second-order valence-electron chi connectivity index (χ2n) is 6.54. The number of nitrogens with zero attached hydrogens (tertiary/aromatic N) is 2. The Morgan fingerprint density at radius 2 is 1.91 bits per heavy atom. The maximum Gasteiger partial charge on any atom is 0.317 e. The van der Waals surface area contributed by atoms with E-state index < -0.39 is 0 Å². The van der Waals surface area contributed by atoms with Crippen LogP contribution in [0, 0.1) is 5.92 Å². The number of nitrogens with one attached hydrogen (secondary N) is 1. The lowest BCUT2D eigenvalue weighted by Crippen LogP contribution is -2.47. The predicted molar refractivity (Wildman–Crippen MR) is 91.8 cm³/mol. The summed E-state index contributed by atoms with van der Waals surface area (Å²) in [5, 5.41) is 3.12. The highest BCUT2D eigenvalue weighted by Gasteiger charge is 2.25. The molecule has 23 heavy (non-hydrogen) atoms. The Hall–Kier alpha value is -1.75. The number of anilines is 1. The molecule has 1 atom stereocenters. The minimum absolute atomic E-state index is 0.0812. The van der Waals surface area contributed by atoms with Crippen molar-refractivity contribution in [3.8, 4) is 0 Å². The zero-order valence-electron chi connectivity index (χ0n) is 13.9. The molecule has 2 saturated heterocycles. The van der Waals surface area contributed by atoms with Crippen molar-refractivity contribution in [2.75, 3.05) is 44.7 Å². The number of rotatable bonds is 4. The number of piperidine rings is 1. The van der Waals surface area contributed by atoms with E-state index in [-0.39, 0.29) is 6.03 Å². The van der Waals surface area contributed by atoms with Crippen molar-refractivity contribution in [3.63, 3.8) is 0 Å². The third-order valence-electron chi connectivity index (χ3n) is 5.01. The smallest absolute Gasteiger partial charge is 0.317 e. The molecule has 0 radical (unpaired) electrons. The summed E-state index contributed by atoms with van der Waals surface area (Å²) < 4.78 is 5.35. The van der Waals surface area contributed by atoms with Gasteiger partial charge in [0, 0.05) is 45.5 Å². The normalized spacial score (nSPS) is 22.4. The lowest BCUT2D eigenvalue weighted by atomic mass is 10.1. The van der Waals surface area contributed by atoms with Crippen LogP contribution in [0.5, 0.6) is 0 Å². The van der Waals surface area contributed by atoms with Crippen LogP contribution in [0.15, 0.2) is 30.3 Å². The number of para-hydroxylation sites is 1. The number of benzene rings is 1.